The van der Waals surface area contributed by atoms with Crippen LogP contribution in [0.4, 0.5) is 0 Å². The molecule has 2 rings (SSSR count). The van der Waals surface area contributed by atoms with Crippen LogP contribution in [0.25, 0.3) is 0 Å². The average molecular weight is 469 g/mol. The Bertz CT molecular complexity index is 970. The summed E-state index contributed by atoms with van der Waals surface area (Å²) in [6, 6.07) is 0.749. The Morgan fingerprint density at radius 2 is 1.62 bits per heavy atom. The lowest BCUT2D eigenvalue weighted by atomic mass is 9.97. The van der Waals surface area contributed by atoms with Gasteiger partial charge in [0.05, 0.1) is 17.9 Å². The number of hydrogen-bond acceptors (Lipinski definition) is 7. The molecular formula is C22H32N2O7S. The van der Waals surface area contributed by atoms with Crippen molar-refractivity contribution in [3.8, 4) is 0 Å². The first kappa shape index (κ1) is 25.8. The Labute approximate surface area is 189 Å². The van der Waals surface area contributed by atoms with Crippen LogP contribution in [-0.4, -0.2) is 64.0 Å². The third-order valence-corrected chi connectivity index (χ3v) is 7.79. The fourth-order valence-electron chi connectivity index (χ4n) is 3.80. The summed E-state index contributed by atoms with van der Waals surface area (Å²) in [7, 11) is -2.65. The van der Waals surface area contributed by atoms with E-state index in [0.717, 1.165) is 11.1 Å². The summed E-state index contributed by atoms with van der Waals surface area (Å²) in [5, 5.41) is 0. The van der Waals surface area contributed by atoms with Gasteiger partial charge in [0.2, 0.25) is 10.0 Å². The standard InChI is InChI=1S/C22H32N2O7S/c1-13-11-14(2)16(4)20(15(13)3)32(28,29)23-17(5)21(26)31-12-19(25)24-9-7-18(8-10-24)22(27)30-6/h11,17-18,23H,7-10,12H2,1-6H3/t17-/m0/s1. The number of esters is 2. The van der Waals surface area contributed by atoms with Crippen molar-refractivity contribution < 1.29 is 32.3 Å². The number of rotatable bonds is 7. The Morgan fingerprint density at radius 1 is 1.09 bits per heavy atom. The Balaban J connectivity index is 1.95. The zero-order valence-corrected chi connectivity index (χ0v) is 20.3. The van der Waals surface area contributed by atoms with Gasteiger partial charge < -0.3 is 14.4 Å². The summed E-state index contributed by atoms with van der Waals surface area (Å²) in [4.78, 5) is 37.9. The van der Waals surface area contributed by atoms with Crippen molar-refractivity contribution in [1.82, 2.24) is 9.62 Å². The SMILES string of the molecule is COC(=O)C1CCN(C(=O)COC(=O)[C@H](C)NS(=O)(=O)c2c(C)c(C)cc(C)c2C)CC1. The lowest BCUT2D eigenvalue weighted by molar-refractivity contribution is -0.154. The van der Waals surface area contributed by atoms with Gasteiger partial charge >= 0.3 is 11.9 Å². The minimum Gasteiger partial charge on any atom is -0.469 e. The first-order chi connectivity index (χ1) is 14.9. The monoisotopic (exact) mass is 468 g/mol. The summed E-state index contributed by atoms with van der Waals surface area (Å²) in [5.41, 5.74) is 2.91. The number of ether oxygens (including phenoxy) is 2. The number of methoxy groups -OCH3 is 1. The van der Waals surface area contributed by atoms with E-state index >= 15 is 0 Å². The van der Waals surface area contributed by atoms with Gasteiger partial charge in [0, 0.05) is 13.1 Å². The molecule has 1 amide bonds. The Hall–Kier alpha value is -2.46. The number of nitrogens with one attached hydrogen (secondary N) is 1. The van der Waals surface area contributed by atoms with Crippen LogP contribution in [0.3, 0.4) is 0 Å². The molecule has 0 aliphatic carbocycles. The Kier molecular flexibility index (Phi) is 8.41. The smallest absolute Gasteiger partial charge is 0.324 e. The van der Waals surface area contributed by atoms with Gasteiger partial charge in [0.1, 0.15) is 6.04 Å². The second-order valence-corrected chi connectivity index (χ2v) is 9.87. The number of nitrogens with zero attached hydrogens (tertiary/aromatic N) is 1. The highest BCUT2D eigenvalue weighted by Gasteiger charge is 2.30. The summed E-state index contributed by atoms with van der Waals surface area (Å²) < 4.78 is 38.1. The Morgan fingerprint density at radius 3 is 2.12 bits per heavy atom. The zero-order valence-electron chi connectivity index (χ0n) is 19.5. The highest BCUT2D eigenvalue weighted by molar-refractivity contribution is 7.89. The van der Waals surface area contributed by atoms with E-state index in [1.165, 1.54) is 18.9 Å². The maximum absolute atomic E-state index is 13.0. The van der Waals surface area contributed by atoms with Crippen LogP contribution in [0.5, 0.6) is 0 Å². The molecule has 0 radical (unpaired) electrons. The molecule has 0 saturated carbocycles. The molecule has 1 N–H and O–H groups in total. The number of likely N-dealkylation sites (tertiary alicyclic amines) is 1. The van der Waals surface area contributed by atoms with Crippen molar-refractivity contribution in [3.05, 3.63) is 28.3 Å². The maximum atomic E-state index is 13.0. The molecule has 10 heteroatoms. The molecule has 178 valence electrons. The van der Waals surface area contributed by atoms with Crippen LogP contribution in [0.1, 0.15) is 42.0 Å². The molecule has 1 aromatic rings. The summed E-state index contributed by atoms with van der Waals surface area (Å²) in [6.45, 7) is 8.72. The topological polar surface area (TPSA) is 119 Å². The summed E-state index contributed by atoms with van der Waals surface area (Å²) in [6.07, 6.45) is 0.967. The second kappa shape index (κ2) is 10.4. The van der Waals surface area contributed by atoms with Crippen molar-refractivity contribution in [2.45, 2.75) is 58.4 Å². The van der Waals surface area contributed by atoms with Gasteiger partial charge in [-0.25, -0.2) is 8.42 Å². The lowest BCUT2D eigenvalue weighted by Crippen LogP contribution is -2.44. The van der Waals surface area contributed by atoms with E-state index in [1.807, 2.05) is 19.9 Å². The molecule has 0 aromatic heterocycles. The minimum atomic E-state index is -3.98. The van der Waals surface area contributed by atoms with Crippen molar-refractivity contribution in [2.24, 2.45) is 5.92 Å². The van der Waals surface area contributed by atoms with Crippen LogP contribution >= 0.6 is 0 Å². The third-order valence-electron chi connectivity index (χ3n) is 5.97. The summed E-state index contributed by atoms with van der Waals surface area (Å²) >= 11 is 0. The highest BCUT2D eigenvalue weighted by atomic mass is 32.2. The predicted molar refractivity (Wildman–Crippen MR) is 117 cm³/mol. The van der Waals surface area contributed by atoms with E-state index in [-0.39, 0.29) is 16.8 Å². The van der Waals surface area contributed by atoms with Gasteiger partial charge in [-0.05, 0) is 69.7 Å². The van der Waals surface area contributed by atoms with E-state index in [0.29, 0.717) is 37.1 Å². The molecule has 32 heavy (non-hydrogen) atoms. The number of carbonyl (C=O) groups is 3. The van der Waals surface area contributed by atoms with Gasteiger partial charge in [-0.3, -0.25) is 14.4 Å². The van der Waals surface area contributed by atoms with Gasteiger partial charge in [-0.15, -0.1) is 0 Å². The molecule has 1 aliphatic heterocycles. The molecule has 1 saturated heterocycles. The molecular weight excluding hydrogens is 436 g/mol. The largest absolute Gasteiger partial charge is 0.469 e. The minimum absolute atomic E-state index is 0.152. The number of sulfonamides is 1. The van der Waals surface area contributed by atoms with Crippen molar-refractivity contribution >= 4 is 27.9 Å². The molecule has 0 spiro atoms. The average Bonchev–Trinajstić information content (AvgIpc) is 2.74. The lowest BCUT2D eigenvalue weighted by Gasteiger charge is -2.30. The fourth-order valence-corrected chi connectivity index (χ4v) is 5.61. The van der Waals surface area contributed by atoms with Crippen molar-refractivity contribution in [1.29, 1.82) is 0 Å². The summed E-state index contributed by atoms with van der Waals surface area (Å²) in [5.74, 6) is -1.76. The predicted octanol–water partition coefficient (Wildman–Crippen LogP) is 1.54. The van der Waals surface area contributed by atoms with E-state index in [2.05, 4.69) is 4.72 Å². The number of piperidine rings is 1. The van der Waals surface area contributed by atoms with Crippen LogP contribution in [-0.2, 0) is 33.9 Å². The first-order valence-corrected chi connectivity index (χ1v) is 12.0. The van der Waals surface area contributed by atoms with Crippen molar-refractivity contribution in [2.75, 3.05) is 26.8 Å². The first-order valence-electron chi connectivity index (χ1n) is 10.5. The molecule has 9 nitrogen and oxygen atoms in total. The molecule has 0 bridgehead atoms. The second-order valence-electron chi connectivity index (χ2n) is 8.22. The van der Waals surface area contributed by atoms with Crippen LogP contribution in [0, 0.1) is 33.6 Å². The molecule has 1 fully saturated rings. The number of benzene rings is 1. The van der Waals surface area contributed by atoms with Crippen LogP contribution < -0.4 is 4.72 Å². The van der Waals surface area contributed by atoms with E-state index in [9.17, 15) is 22.8 Å². The fraction of sp³-hybridized carbons (Fsp3) is 0.591. The van der Waals surface area contributed by atoms with Crippen LogP contribution in [0.15, 0.2) is 11.0 Å². The third kappa shape index (κ3) is 5.86. The molecule has 1 atom stereocenters. The van der Waals surface area contributed by atoms with Gasteiger partial charge in [-0.2, -0.15) is 4.72 Å². The van der Waals surface area contributed by atoms with E-state index in [1.54, 1.807) is 13.8 Å². The highest BCUT2D eigenvalue weighted by Crippen LogP contribution is 2.26. The quantitative estimate of drug-likeness (QED) is 0.603. The van der Waals surface area contributed by atoms with E-state index in [4.69, 9.17) is 9.47 Å². The molecule has 0 unspecified atom stereocenters. The number of amides is 1. The van der Waals surface area contributed by atoms with E-state index < -0.39 is 34.5 Å². The maximum Gasteiger partial charge on any atom is 0.324 e. The van der Waals surface area contributed by atoms with Gasteiger partial charge in [0.15, 0.2) is 6.61 Å². The zero-order chi connectivity index (χ0) is 24.2. The van der Waals surface area contributed by atoms with Gasteiger partial charge in [0.25, 0.3) is 5.91 Å². The van der Waals surface area contributed by atoms with Crippen LogP contribution in [0.2, 0.25) is 0 Å². The molecule has 1 heterocycles. The number of carbonyl (C=O) groups excluding carboxylic acids is 3. The number of hydrogen-bond donors (Lipinski definition) is 1. The molecule has 1 aromatic carbocycles. The van der Waals surface area contributed by atoms with Crippen molar-refractivity contribution in [3.63, 3.8) is 0 Å². The number of aryl methyl sites for hydroxylation is 2. The normalized spacial score (nSPS) is 15.9. The van der Waals surface area contributed by atoms with Gasteiger partial charge in [-0.1, -0.05) is 6.07 Å². The molecule has 1 aliphatic rings.